The van der Waals surface area contributed by atoms with Crippen LogP contribution in [0.25, 0.3) is 0 Å². The predicted octanol–water partition coefficient (Wildman–Crippen LogP) is 2.73. The van der Waals surface area contributed by atoms with Crippen molar-refractivity contribution in [2.45, 2.75) is 19.4 Å². The second-order valence-electron chi connectivity index (χ2n) is 3.54. The second-order valence-corrected chi connectivity index (χ2v) is 4.49. The molecule has 2 nitrogen and oxygen atoms in total. The van der Waals surface area contributed by atoms with Gasteiger partial charge in [-0.3, -0.25) is 4.98 Å². The zero-order valence-electron chi connectivity index (χ0n) is 8.55. The Balaban J connectivity index is 2.11. The molecule has 78 valence electrons. The Labute approximate surface area is 93.2 Å². The van der Waals surface area contributed by atoms with E-state index < -0.39 is 6.10 Å². The van der Waals surface area contributed by atoms with E-state index in [0.29, 0.717) is 6.42 Å². The van der Waals surface area contributed by atoms with Crippen molar-refractivity contribution >= 4 is 11.3 Å². The van der Waals surface area contributed by atoms with Crippen molar-refractivity contribution in [1.82, 2.24) is 4.98 Å². The van der Waals surface area contributed by atoms with Crippen LogP contribution >= 0.6 is 11.3 Å². The number of rotatable bonds is 3. The smallest absolute Gasteiger partial charge is 0.0924 e. The van der Waals surface area contributed by atoms with Crippen molar-refractivity contribution in [2.24, 2.45) is 0 Å². The van der Waals surface area contributed by atoms with Gasteiger partial charge in [-0.25, -0.2) is 0 Å². The number of thiophene rings is 1. The molecular formula is C12H13NOS. The molecule has 0 fully saturated rings. The Morgan fingerprint density at radius 3 is 2.67 bits per heavy atom. The van der Waals surface area contributed by atoms with Gasteiger partial charge in [-0.1, -0.05) is 0 Å². The molecule has 0 saturated carbocycles. The minimum atomic E-state index is -0.396. The van der Waals surface area contributed by atoms with Crippen molar-refractivity contribution in [3.63, 3.8) is 0 Å². The minimum absolute atomic E-state index is 0.396. The Morgan fingerprint density at radius 1 is 1.33 bits per heavy atom. The van der Waals surface area contributed by atoms with Crippen molar-refractivity contribution in [1.29, 1.82) is 0 Å². The molecule has 15 heavy (non-hydrogen) atoms. The summed E-state index contributed by atoms with van der Waals surface area (Å²) in [5.41, 5.74) is 2.28. The lowest BCUT2D eigenvalue weighted by atomic mass is 10.1. The first kappa shape index (κ1) is 10.3. The van der Waals surface area contributed by atoms with Crippen LogP contribution in [0.4, 0.5) is 0 Å². The summed E-state index contributed by atoms with van der Waals surface area (Å²) in [6.45, 7) is 2.03. The SMILES string of the molecule is Cc1ccsc1C(O)Cc1ccncc1. The normalized spacial score (nSPS) is 12.7. The first-order chi connectivity index (χ1) is 7.27. The average molecular weight is 219 g/mol. The fourth-order valence-electron chi connectivity index (χ4n) is 1.56. The van der Waals surface area contributed by atoms with Gasteiger partial charge in [-0.05, 0) is 41.6 Å². The van der Waals surface area contributed by atoms with Crippen LogP contribution in [-0.2, 0) is 6.42 Å². The Morgan fingerprint density at radius 2 is 2.07 bits per heavy atom. The first-order valence-corrected chi connectivity index (χ1v) is 5.76. The van der Waals surface area contributed by atoms with E-state index in [1.54, 1.807) is 23.7 Å². The van der Waals surface area contributed by atoms with Crippen LogP contribution in [0.5, 0.6) is 0 Å². The molecule has 2 aromatic heterocycles. The molecule has 1 N–H and O–H groups in total. The highest BCUT2D eigenvalue weighted by atomic mass is 32.1. The van der Waals surface area contributed by atoms with E-state index >= 15 is 0 Å². The van der Waals surface area contributed by atoms with E-state index in [4.69, 9.17) is 0 Å². The molecule has 1 atom stereocenters. The summed E-state index contributed by atoms with van der Waals surface area (Å²) in [5, 5.41) is 12.0. The van der Waals surface area contributed by atoms with E-state index in [1.807, 2.05) is 30.5 Å². The maximum absolute atomic E-state index is 10.0. The quantitative estimate of drug-likeness (QED) is 0.861. The van der Waals surface area contributed by atoms with E-state index in [9.17, 15) is 5.11 Å². The van der Waals surface area contributed by atoms with Gasteiger partial charge in [0, 0.05) is 23.7 Å². The third kappa shape index (κ3) is 2.43. The Kier molecular flexibility index (Phi) is 3.14. The van der Waals surface area contributed by atoms with Crippen LogP contribution in [0, 0.1) is 6.92 Å². The average Bonchev–Trinajstić information content (AvgIpc) is 2.66. The molecule has 0 aromatic carbocycles. The summed E-state index contributed by atoms with van der Waals surface area (Å²) in [5.74, 6) is 0. The van der Waals surface area contributed by atoms with Crippen LogP contribution in [0.15, 0.2) is 36.0 Å². The Bertz CT molecular complexity index is 424. The van der Waals surface area contributed by atoms with Gasteiger partial charge in [-0.2, -0.15) is 0 Å². The van der Waals surface area contributed by atoms with Gasteiger partial charge in [0.05, 0.1) is 6.10 Å². The van der Waals surface area contributed by atoms with E-state index in [2.05, 4.69) is 4.98 Å². The molecule has 0 amide bonds. The van der Waals surface area contributed by atoms with Crippen molar-refractivity contribution in [2.75, 3.05) is 0 Å². The maximum Gasteiger partial charge on any atom is 0.0924 e. The number of aliphatic hydroxyl groups excluding tert-OH is 1. The molecular weight excluding hydrogens is 206 g/mol. The van der Waals surface area contributed by atoms with Gasteiger partial charge in [0.15, 0.2) is 0 Å². The van der Waals surface area contributed by atoms with Crippen LogP contribution in [0.3, 0.4) is 0 Å². The number of nitrogens with zero attached hydrogens (tertiary/aromatic N) is 1. The lowest BCUT2D eigenvalue weighted by Crippen LogP contribution is -2.00. The molecule has 1 unspecified atom stereocenters. The largest absolute Gasteiger partial charge is 0.387 e. The monoisotopic (exact) mass is 219 g/mol. The topological polar surface area (TPSA) is 33.1 Å². The van der Waals surface area contributed by atoms with Gasteiger partial charge >= 0.3 is 0 Å². The Hall–Kier alpha value is -1.19. The number of hydrogen-bond donors (Lipinski definition) is 1. The number of aromatic nitrogens is 1. The highest BCUT2D eigenvalue weighted by Gasteiger charge is 2.12. The molecule has 0 bridgehead atoms. The molecule has 0 aliphatic rings. The summed E-state index contributed by atoms with van der Waals surface area (Å²) < 4.78 is 0. The van der Waals surface area contributed by atoms with Gasteiger partial charge < -0.3 is 5.11 Å². The minimum Gasteiger partial charge on any atom is -0.387 e. The summed E-state index contributed by atoms with van der Waals surface area (Å²) in [4.78, 5) is 5.02. The molecule has 0 saturated heterocycles. The van der Waals surface area contributed by atoms with Gasteiger partial charge in [0.1, 0.15) is 0 Å². The lowest BCUT2D eigenvalue weighted by Gasteiger charge is -2.09. The number of hydrogen-bond acceptors (Lipinski definition) is 3. The zero-order chi connectivity index (χ0) is 10.7. The molecule has 2 heterocycles. The second kappa shape index (κ2) is 4.55. The molecule has 2 aromatic rings. The fraction of sp³-hybridized carbons (Fsp3) is 0.250. The van der Waals surface area contributed by atoms with Crippen molar-refractivity contribution in [3.8, 4) is 0 Å². The van der Waals surface area contributed by atoms with E-state index in [-0.39, 0.29) is 0 Å². The fourth-order valence-corrected chi connectivity index (χ4v) is 2.47. The molecule has 2 rings (SSSR count). The number of aryl methyl sites for hydroxylation is 1. The van der Waals surface area contributed by atoms with Crippen LogP contribution in [0.2, 0.25) is 0 Å². The van der Waals surface area contributed by atoms with Crippen LogP contribution in [0.1, 0.15) is 22.1 Å². The van der Waals surface area contributed by atoms with E-state index in [1.165, 1.54) is 5.56 Å². The van der Waals surface area contributed by atoms with Crippen molar-refractivity contribution in [3.05, 3.63) is 52.0 Å². The van der Waals surface area contributed by atoms with Gasteiger partial charge in [0.25, 0.3) is 0 Å². The molecule has 0 aliphatic heterocycles. The van der Waals surface area contributed by atoms with Crippen LogP contribution in [-0.4, -0.2) is 10.1 Å². The highest BCUT2D eigenvalue weighted by Crippen LogP contribution is 2.26. The summed E-state index contributed by atoms with van der Waals surface area (Å²) >= 11 is 1.61. The molecule has 3 heteroatoms. The van der Waals surface area contributed by atoms with E-state index in [0.717, 1.165) is 10.4 Å². The van der Waals surface area contributed by atoms with Gasteiger partial charge in [0.2, 0.25) is 0 Å². The first-order valence-electron chi connectivity index (χ1n) is 4.88. The highest BCUT2D eigenvalue weighted by molar-refractivity contribution is 7.10. The molecule has 0 spiro atoms. The van der Waals surface area contributed by atoms with Crippen molar-refractivity contribution < 1.29 is 5.11 Å². The maximum atomic E-state index is 10.0. The van der Waals surface area contributed by atoms with Gasteiger partial charge in [-0.15, -0.1) is 11.3 Å². The predicted molar refractivity (Wildman–Crippen MR) is 62.0 cm³/mol. The third-order valence-corrected chi connectivity index (χ3v) is 3.50. The lowest BCUT2D eigenvalue weighted by molar-refractivity contribution is 0.181. The van der Waals surface area contributed by atoms with Crippen LogP contribution < -0.4 is 0 Å². The molecule has 0 aliphatic carbocycles. The number of pyridine rings is 1. The summed E-state index contributed by atoms with van der Waals surface area (Å²) in [7, 11) is 0. The third-order valence-electron chi connectivity index (χ3n) is 2.38. The number of aliphatic hydroxyl groups is 1. The molecule has 0 radical (unpaired) electrons. The standard InChI is InChI=1S/C12H13NOS/c1-9-4-7-15-12(9)11(14)8-10-2-5-13-6-3-10/h2-7,11,14H,8H2,1H3. The summed E-state index contributed by atoms with van der Waals surface area (Å²) in [6, 6.07) is 5.91. The summed E-state index contributed by atoms with van der Waals surface area (Å²) in [6.07, 6.45) is 3.77. The zero-order valence-corrected chi connectivity index (χ0v) is 9.37.